The van der Waals surface area contributed by atoms with Gasteiger partial charge < -0.3 is 20.3 Å². The molecular weight excluding hydrogens is 815 g/mol. The fourth-order valence-electron chi connectivity index (χ4n) is 9.84. The van der Waals surface area contributed by atoms with E-state index >= 15 is 0 Å². The molecule has 0 bridgehead atoms. The molecule has 5 aromatic rings. The predicted octanol–water partition coefficient (Wildman–Crippen LogP) is 9.85. The van der Waals surface area contributed by atoms with Crippen molar-refractivity contribution in [3.63, 3.8) is 0 Å². The lowest BCUT2D eigenvalue weighted by Crippen LogP contribution is -2.29. The number of nitrogens with zero attached hydrogens (tertiary/aromatic N) is 3. The van der Waals surface area contributed by atoms with Gasteiger partial charge in [0.05, 0.1) is 30.9 Å². The van der Waals surface area contributed by atoms with Crippen molar-refractivity contribution in [2.45, 2.75) is 90.9 Å². The number of likely N-dealkylation sites (N-methyl/N-ethyl adjacent to an activating group) is 1. The molecule has 2 amide bonds. The minimum atomic E-state index is -0.248. The summed E-state index contributed by atoms with van der Waals surface area (Å²) >= 11 is 4.49. The van der Waals surface area contributed by atoms with Gasteiger partial charge in [-0.2, -0.15) is 17.2 Å². The van der Waals surface area contributed by atoms with Crippen LogP contribution >= 0.6 is 12.6 Å². The average molecular weight is 879 g/mol. The predicted molar refractivity (Wildman–Crippen MR) is 267 cm³/mol. The zero-order valence-electron chi connectivity index (χ0n) is 38.6. The van der Waals surface area contributed by atoms with E-state index in [0.717, 1.165) is 78.7 Å². The highest BCUT2D eigenvalue weighted by molar-refractivity contribution is 7.80. The third-order valence-corrected chi connectivity index (χ3v) is 13.5. The standard InChI is InChI=1S/C54H63N5O4S/c1-8-57-46-25-22-38(33-50(61)55-28-14-15-29-56-51(62)35-42-37(2)59(36-60)45-27-24-40(63-7)34-43(42)45)32-44(46)53(3,4)48(57)20-10-9-11-21-49-54(5,6)52-41-19-13-12-18-39(41)23-26-47(52)58(49)30-16-17-31-64/h9-13,18-27,32,34,36H,8,14-17,28-31,33,35H2,1-7H3,(H2-,55,56,61,62,64)/p+1. The number of thiol groups is 1. The van der Waals surface area contributed by atoms with Gasteiger partial charge in [-0.3, -0.25) is 19.0 Å². The number of benzene rings is 4. The molecule has 0 atom stereocenters. The molecule has 0 radical (unpaired) electrons. The second-order valence-electron chi connectivity index (χ2n) is 18.0. The van der Waals surface area contributed by atoms with Gasteiger partial charge in [0.1, 0.15) is 12.3 Å². The lowest BCUT2D eigenvalue weighted by atomic mass is 9.79. The van der Waals surface area contributed by atoms with E-state index in [1.165, 1.54) is 44.7 Å². The number of amides is 2. The molecule has 0 saturated carbocycles. The van der Waals surface area contributed by atoms with Crippen molar-refractivity contribution < 1.29 is 23.7 Å². The number of unbranched alkanes of at least 4 members (excludes halogenated alkanes) is 2. The summed E-state index contributed by atoms with van der Waals surface area (Å²) in [5.41, 5.74) is 10.5. The first-order chi connectivity index (χ1) is 30.8. The van der Waals surface area contributed by atoms with E-state index in [2.05, 4.69) is 152 Å². The van der Waals surface area contributed by atoms with Crippen LogP contribution in [0, 0.1) is 6.92 Å². The molecule has 0 fully saturated rings. The molecule has 0 aliphatic carbocycles. The normalized spacial score (nSPS) is 15.8. The highest BCUT2D eigenvalue weighted by Crippen LogP contribution is 2.48. The Morgan fingerprint density at radius 1 is 0.828 bits per heavy atom. The minimum absolute atomic E-state index is 0.0186. The molecule has 2 N–H and O–H groups in total. The first kappa shape index (κ1) is 46.1. The van der Waals surface area contributed by atoms with Crippen LogP contribution in [0.4, 0.5) is 11.4 Å². The maximum absolute atomic E-state index is 13.1. The maximum atomic E-state index is 13.1. The summed E-state index contributed by atoms with van der Waals surface area (Å²) in [6, 6.07) is 25.2. The molecule has 0 unspecified atom stereocenters. The van der Waals surface area contributed by atoms with E-state index in [9.17, 15) is 14.4 Å². The number of methoxy groups -OCH3 is 1. The van der Waals surface area contributed by atoms with Crippen molar-refractivity contribution in [2.24, 2.45) is 0 Å². The maximum Gasteiger partial charge on any atom is 0.224 e. The summed E-state index contributed by atoms with van der Waals surface area (Å²) < 4.78 is 9.46. The van der Waals surface area contributed by atoms with E-state index in [1.54, 1.807) is 17.7 Å². The number of anilines is 1. The van der Waals surface area contributed by atoms with Crippen LogP contribution in [-0.2, 0) is 38.1 Å². The molecule has 4 aromatic carbocycles. The van der Waals surface area contributed by atoms with Crippen LogP contribution in [0.15, 0.2) is 109 Å². The Hall–Kier alpha value is -5.87. The second-order valence-corrected chi connectivity index (χ2v) is 18.4. The fraction of sp³-hybridized carbons (Fsp3) is 0.370. The van der Waals surface area contributed by atoms with E-state index in [0.29, 0.717) is 25.3 Å². The van der Waals surface area contributed by atoms with Crippen LogP contribution in [0.2, 0.25) is 0 Å². The number of hydrogen-bond acceptors (Lipinski definition) is 6. The van der Waals surface area contributed by atoms with Crippen molar-refractivity contribution in [2.75, 3.05) is 43.9 Å². The van der Waals surface area contributed by atoms with Gasteiger partial charge in [-0.15, -0.1) is 0 Å². The molecule has 0 saturated heterocycles. The third-order valence-electron chi connectivity index (χ3n) is 13.2. The molecule has 7 rings (SSSR count). The first-order valence-corrected chi connectivity index (χ1v) is 23.4. The summed E-state index contributed by atoms with van der Waals surface area (Å²) in [5.74, 6) is 1.43. The molecule has 2 aliphatic heterocycles. The van der Waals surface area contributed by atoms with Gasteiger partial charge in [0, 0.05) is 71.6 Å². The van der Waals surface area contributed by atoms with E-state index in [4.69, 9.17) is 4.74 Å². The number of fused-ring (bicyclic) bond motifs is 5. The molecule has 334 valence electrons. The quantitative estimate of drug-likeness (QED) is 0.0253. The van der Waals surface area contributed by atoms with Crippen molar-refractivity contribution >= 4 is 69.6 Å². The highest BCUT2D eigenvalue weighted by atomic mass is 32.1. The average Bonchev–Trinajstić information content (AvgIpc) is 3.77. The Morgan fingerprint density at radius 2 is 1.58 bits per heavy atom. The number of allylic oxidation sites excluding steroid dienone is 6. The monoisotopic (exact) mass is 878 g/mol. The number of nitrogens with one attached hydrogen (secondary N) is 2. The van der Waals surface area contributed by atoms with Gasteiger partial charge in [-0.1, -0.05) is 68.5 Å². The number of carbonyl (C=O) groups excluding carboxylic acids is 3. The van der Waals surface area contributed by atoms with E-state index in [-0.39, 0.29) is 29.1 Å². The van der Waals surface area contributed by atoms with Crippen molar-refractivity contribution in [1.82, 2.24) is 15.2 Å². The third kappa shape index (κ3) is 9.21. The molecule has 1 aromatic heterocycles. The van der Waals surface area contributed by atoms with Crippen LogP contribution < -0.4 is 20.3 Å². The van der Waals surface area contributed by atoms with Crippen LogP contribution in [-0.4, -0.2) is 72.1 Å². The first-order valence-electron chi connectivity index (χ1n) is 22.8. The van der Waals surface area contributed by atoms with Crippen molar-refractivity contribution in [1.29, 1.82) is 0 Å². The summed E-state index contributed by atoms with van der Waals surface area (Å²) in [6.07, 6.45) is 15.9. The van der Waals surface area contributed by atoms with Crippen LogP contribution in [0.5, 0.6) is 5.75 Å². The highest BCUT2D eigenvalue weighted by Gasteiger charge is 2.45. The van der Waals surface area contributed by atoms with Gasteiger partial charge >= 0.3 is 0 Å². The topological polar surface area (TPSA) is 95.7 Å². The zero-order valence-corrected chi connectivity index (χ0v) is 39.5. The Kier molecular flexibility index (Phi) is 14.3. The van der Waals surface area contributed by atoms with Gasteiger partial charge in [-0.25, -0.2) is 0 Å². The van der Waals surface area contributed by atoms with Gasteiger partial charge in [0.15, 0.2) is 5.71 Å². The minimum Gasteiger partial charge on any atom is -0.497 e. The number of rotatable bonds is 19. The van der Waals surface area contributed by atoms with Crippen LogP contribution in [0.1, 0.15) is 88.2 Å². The Bertz CT molecular complexity index is 2700. The Labute approximate surface area is 384 Å². The largest absolute Gasteiger partial charge is 0.497 e. The number of aromatic nitrogens is 1. The summed E-state index contributed by atoms with van der Waals surface area (Å²) in [5, 5.41) is 9.50. The second kappa shape index (κ2) is 19.9. The summed E-state index contributed by atoms with van der Waals surface area (Å²) in [4.78, 5) is 40.2. The zero-order chi connectivity index (χ0) is 45.6. The molecular formula is C54H64N5O4S+. The van der Waals surface area contributed by atoms with Crippen LogP contribution in [0.25, 0.3) is 21.7 Å². The number of ether oxygens (including phenoxy) is 1. The molecule has 2 aliphatic rings. The van der Waals surface area contributed by atoms with Gasteiger partial charge in [-0.05, 0) is 117 Å². The summed E-state index contributed by atoms with van der Waals surface area (Å²) in [6.45, 7) is 16.1. The molecule has 3 heterocycles. The van der Waals surface area contributed by atoms with Gasteiger partial charge in [0.25, 0.3) is 0 Å². The van der Waals surface area contributed by atoms with Crippen LogP contribution in [0.3, 0.4) is 0 Å². The van der Waals surface area contributed by atoms with Crippen molar-refractivity contribution in [3.8, 4) is 5.75 Å². The Morgan fingerprint density at radius 3 is 2.30 bits per heavy atom. The smallest absolute Gasteiger partial charge is 0.224 e. The van der Waals surface area contributed by atoms with Gasteiger partial charge in [0.2, 0.25) is 23.9 Å². The molecule has 10 heteroatoms. The SMILES string of the molecule is CCN1/C(=C/C=C/C=C/C2=[N+](CCCCS)c3ccc4ccccc4c3C2(C)C)C(C)(C)c2cc(CC(=O)NCCCCNC(=O)Cc3c(C)n(C=O)c4ccc(OC)cc34)ccc21. The lowest BCUT2D eigenvalue weighted by Gasteiger charge is -2.25. The Balaban J connectivity index is 0.934. The molecule has 9 nitrogen and oxygen atoms in total. The molecule has 64 heavy (non-hydrogen) atoms. The number of carbonyl (C=O) groups is 3. The fourth-order valence-corrected chi connectivity index (χ4v) is 10.1. The van der Waals surface area contributed by atoms with Crippen molar-refractivity contribution in [3.05, 3.63) is 137 Å². The lowest BCUT2D eigenvalue weighted by molar-refractivity contribution is -0.438. The van der Waals surface area contributed by atoms with E-state index in [1.807, 2.05) is 19.1 Å². The number of hydrogen-bond donors (Lipinski definition) is 3. The molecule has 0 spiro atoms. The van der Waals surface area contributed by atoms with E-state index < -0.39 is 0 Å². The summed E-state index contributed by atoms with van der Waals surface area (Å²) in [7, 11) is 1.59.